The van der Waals surface area contributed by atoms with Gasteiger partial charge in [0, 0.05) is 12.6 Å². The van der Waals surface area contributed by atoms with Gasteiger partial charge in [-0.2, -0.15) is 18.2 Å². The van der Waals surface area contributed by atoms with Gasteiger partial charge in [0.25, 0.3) is 5.82 Å². The predicted molar refractivity (Wildman–Crippen MR) is 51.8 cm³/mol. The maximum Gasteiger partial charge on any atom is 0.455 e. The number of nitrogens with two attached hydrogens (primary N) is 1. The Hall–Kier alpha value is -1.15. The van der Waals surface area contributed by atoms with E-state index in [1.54, 1.807) is 0 Å². The van der Waals surface area contributed by atoms with E-state index in [9.17, 15) is 13.2 Å². The van der Waals surface area contributed by atoms with Crippen molar-refractivity contribution in [1.82, 2.24) is 15.0 Å². The fourth-order valence-electron chi connectivity index (χ4n) is 1.86. The maximum atomic E-state index is 12.2. The van der Waals surface area contributed by atoms with Gasteiger partial charge in [0.1, 0.15) is 0 Å². The zero-order valence-electron chi connectivity index (χ0n) is 9.07. The van der Waals surface area contributed by atoms with Crippen molar-refractivity contribution in [3.8, 4) is 0 Å². The molecule has 1 aliphatic heterocycles. The van der Waals surface area contributed by atoms with Gasteiger partial charge < -0.3 is 10.3 Å². The number of piperidine rings is 1. The van der Waals surface area contributed by atoms with Crippen LogP contribution in [0.2, 0.25) is 0 Å². The Morgan fingerprint density at radius 3 is 2.82 bits per heavy atom. The molecule has 2 N–H and O–H groups in total. The summed E-state index contributed by atoms with van der Waals surface area (Å²) < 4.78 is 41.2. The first-order valence-electron chi connectivity index (χ1n) is 5.33. The topological polar surface area (TPSA) is 68.2 Å². The first-order valence-corrected chi connectivity index (χ1v) is 5.33. The van der Waals surface area contributed by atoms with E-state index in [1.807, 2.05) is 4.90 Å². The maximum absolute atomic E-state index is 12.2. The normalized spacial score (nSPS) is 22.9. The molecule has 0 saturated carbocycles. The van der Waals surface area contributed by atoms with Gasteiger partial charge >= 0.3 is 6.18 Å². The molecule has 0 spiro atoms. The van der Waals surface area contributed by atoms with E-state index in [4.69, 9.17) is 5.73 Å². The summed E-state index contributed by atoms with van der Waals surface area (Å²) in [5.41, 5.74) is 5.76. The molecule has 2 rings (SSSR count). The molecule has 8 heteroatoms. The molecule has 1 atom stereocenters. The van der Waals surface area contributed by atoms with E-state index in [1.165, 1.54) is 0 Å². The van der Waals surface area contributed by atoms with E-state index in [0.717, 1.165) is 19.4 Å². The molecule has 1 aliphatic rings. The molecule has 1 aromatic heterocycles. The lowest BCUT2D eigenvalue weighted by Crippen LogP contribution is -2.42. The van der Waals surface area contributed by atoms with Crippen molar-refractivity contribution in [3.05, 3.63) is 11.7 Å². The highest BCUT2D eigenvalue weighted by molar-refractivity contribution is 4.91. The molecule has 0 bridgehead atoms. The highest BCUT2D eigenvalue weighted by Gasteiger charge is 2.37. The largest absolute Gasteiger partial charge is 0.455 e. The Bertz CT molecular complexity index is 379. The number of halogens is 3. The lowest BCUT2D eigenvalue weighted by Gasteiger charge is -2.29. The second kappa shape index (κ2) is 4.61. The van der Waals surface area contributed by atoms with Crippen LogP contribution in [-0.2, 0) is 12.7 Å². The van der Waals surface area contributed by atoms with Crippen molar-refractivity contribution in [2.45, 2.75) is 31.6 Å². The number of nitrogens with zero attached hydrogens (tertiary/aromatic N) is 3. The molecule has 0 unspecified atom stereocenters. The number of hydrogen-bond donors (Lipinski definition) is 1. The number of alkyl halides is 3. The highest BCUT2D eigenvalue weighted by atomic mass is 19.4. The summed E-state index contributed by atoms with van der Waals surface area (Å²) in [6.07, 6.45) is -2.68. The summed E-state index contributed by atoms with van der Waals surface area (Å²) in [6, 6.07) is 0.0637. The minimum absolute atomic E-state index is 0.0218. The average Bonchev–Trinajstić information content (AvgIpc) is 2.65. The highest BCUT2D eigenvalue weighted by Crippen LogP contribution is 2.26. The van der Waals surface area contributed by atoms with E-state index < -0.39 is 12.0 Å². The van der Waals surface area contributed by atoms with Crippen LogP contribution in [0.4, 0.5) is 13.2 Å². The van der Waals surface area contributed by atoms with Crippen molar-refractivity contribution in [3.63, 3.8) is 0 Å². The molecule has 1 aromatic rings. The van der Waals surface area contributed by atoms with E-state index in [0.29, 0.717) is 6.54 Å². The molecule has 0 aliphatic carbocycles. The van der Waals surface area contributed by atoms with Crippen molar-refractivity contribution in [2.75, 3.05) is 13.1 Å². The van der Waals surface area contributed by atoms with Crippen molar-refractivity contribution in [1.29, 1.82) is 0 Å². The van der Waals surface area contributed by atoms with E-state index in [2.05, 4.69) is 14.7 Å². The Kier molecular flexibility index (Phi) is 3.34. The summed E-state index contributed by atoms with van der Waals surface area (Å²) >= 11 is 0. The molecule has 1 saturated heterocycles. The Labute approximate surface area is 95.8 Å². The molecule has 96 valence electrons. The van der Waals surface area contributed by atoms with Crippen LogP contribution in [0.1, 0.15) is 24.6 Å². The summed E-state index contributed by atoms with van der Waals surface area (Å²) in [5.74, 6) is -1.25. The molecule has 1 fully saturated rings. The molecule has 0 amide bonds. The Balaban J connectivity index is 1.97. The molecular formula is C9H13F3N4O. The summed E-state index contributed by atoms with van der Waals surface area (Å²) in [6.45, 7) is 1.65. The fourth-order valence-corrected chi connectivity index (χ4v) is 1.86. The van der Waals surface area contributed by atoms with Crippen LogP contribution in [0.3, 0.4) is 0 Å². The van der Waals surface area contributed by atoms with Gasteiger partial charge in [-0.3, -0.25) is 4.90 Å². The van der Waals surface area contributed by atoms with Crippen LogP contribution in [0.15, 0.2) is 4.52 Å². The van der Waals surface area contributed by atoms with Crippen LogP contribution in [0.5, 0.6) is 0 Å². The zero-order chi connectivity index (χ0) is 12.5. The van der Waals surface area contributed by atoms with Gasteiger partial charge in [-0.15, -0.1) is 0 Å². The second-order valence-electron chi connectivity index (χ2n) is 4.15. The first kappa shape index (κ1) is 12.3. The molecule has 0 radical (unpaired) electrons. The van der Waals surface area contributed by atoms with Crippen molar-refractivity contribution >= 4 is 0 Å². The summed E-state index contributed by atoms with van der Waals surface area (Å²) in [7, 11) is 0. The van der Waals surface area contributed by atoms with Crippen molar-refractivity contribution in [2.24, 2.45) is 5.73 Å². The molecule has 2 heterocycles. The van der Waals surface area contributed by atoms with Gasteiger partial charge in [0.2, 0.25) is 5.89 Å². The Morgan fingerprint density at radius 2 is 2.24 bits per heavy atom. The molecule has 0 aromatic carbocycles. The van der Waals surface area contributed by atoms with Crippen LogP contribution in [-0.4, -0.2) is 34.2 Å². The number of rotatable bonds is 2. The standard InChI is InChI=1S/C9H13F3N4O/c10-9(11,12)8-14-7(17-15-8)5-16-3-1-2-6(13)4-16/h6H,1-5,13H2/t6-/m1/s1. The minimum Gasteiger partial charge on any atom is -0.338 e. The quantitative estimate of drug-likeness (QED) is 0.848. The third-order valence-electron chi connectivity index (χ3n) is 2.62. The summed E-state index contributed by atoms with van der Waals surface area (Å²) in [4.78, 5) is 5.23. The monoisotopic (exact) mass is 250 g/mol. The average molecular weight is 250 g/mol. The van der Waals surface area contributed by atoms with Crippen LogP contribution in [0.25, 0.3) is 0 Å². The van der Waals surface area contributed by atoms with Gasteiger partial charge in [0.05, 0.1) is 6.54 Å². The van der Waals surface area contributed by atoms with Crippen LogP contribution >= 0.6 is 0 Å². The zero-order valence-corrected chi connectivity index (χ0v) is 9.07. The van der Waals surface area contributed by atoms with Gasteiger partial charge in [-0.05, 0) is 19.4 Å². The lowest BCUT2D eigenvalue weighted by atomic mass is 10.1. The third-order valence-corrected chi connectivity index (χ3v) is 2.62. The molecule has 5 nitrogen and oxygen atoms in total. The second-order valence-corrected chi connectivity index (χ2v) is 4.15. The van der Waals surface area contributed by atoms with E-state index in [-0.39, 0.29) is 18.5 Å². The number of likely N-dealkylation sites (tertiary alicyclic amines) is 1. The fraction of sp³-hybridized carbons (Fsp3) is 0.778. The predicted octanol–water partition coefficient (Wildman–Crippen LogP) is 1.01. The van der Waals surface area contributed by atoms with Gasteiger partial charge in [-0.1, -0.05) is 5.16 Å². The molecule has 17 heavy (non-hydrogen) atoms. The SMILES string of the molecule is N[C@@H]1CCCN(Cc2nc(C(F)(F)F)no2)C1. The van der Waals surface area contributed by atoms with Crippen LogP contribution in [0, 0.1) is 0 Å². The number of aromatic nitrogens is 2. The van der Waals surface area contributed by atoms with E-state index >= 15 is 0 Å². The Morgan fingerprint density at radius 1 is 1.47 bits per heavy atom. The number of hydrogen-bond acceptors (Lipinski definition) is 5. The lowest BCUT2D eigenvalue weighted by molar-refractivity contribution is -0.146. The van der Waals surface area contributed by atoms with Crippen LogP contribution < -0.4 is 5.73 Å². The smallest absolute Gasteiger partial charge is 0.338 e. The van der Waals surface area contributed by atoms with Gasteiger partial charge in [-0.25, -0.2) is 0 Å². The first-order chi connectivity index (χ1) is 7.95. The third kappa shape index (κ3) is 3.16. The summed E-state index contributed by atoms with van der Waals surface area (Å²) in [5, 5.41) is 2.90. The molecular weight excluding hydrogens is 237 g/mol. The minimum atomic E-state index is -4.56. The van der Waals surface area contributed by atoms with Crippen molar-refractivity contribution < 1.29 is 17.7 Å². The van der Waals surface area contributed by atoms with Gasteiger partial charge in [0.15, 0.2) is 0 Å².